The Morgan fingerprint density at radius 3 is 2.38 bits per heavy atom. The predicted octanol–water partition coefficient (Wildman–Crippen LogP) is 1.53. The molecule has 0 unspecified atom stereocenters. The minimum atomic E-state index is -0.708. The Kier molecular flexibility index (Phi) is 5.86. The highest BCUT2D eigenvalue weighted by Gasteiger charge is 2.28. The maximum atomic E-state index is 12.0. The van der Waals surface area contributed by atoms with Crippen molar-refractivity contribution in [3.05, 3.63) is 11.8 Å². The molecule has 1 aromatic heterocycles. The number of carbonyl (C=O) groups is 1. The van der Waals surface area contributed by atoms with E-state index in [4.69, 9.17) is 20.0 Å². The van der Waals surface area contributed by atoms with Crippen LogP contribution in [0.3, 0.4) is 0 Å². The Hall–Kier alpha value is -1.47. The summed E-state index contributed by atoms with van der Waals surface area (Å²) >= 11 is 0. The van der Waals surface area contributed by atoms with Crippen LogP contribution in [0.2, 0.25) is 0 Å². The topological polar surface area (TPSA) is 111 Å². The monoisotopic (exact) mass is 299 g/mol. The molecule has 3 N–H and O–H groups in total. The van der Waals surface area contributed by atoms with Gasteiger partial charge in [-0.05, 0) is 26.7 Å². The third kappa shape index (κ3) is 5.43. The zero-order valence-corrected chi connectivity index (χ0v) is 13.3. The van der Waals surface area contributed by atoms with Crippen molar-refractivity contribution in [2.75, 3.05) is 6.61 Å². The smallest absolute Gasteiger partial charge is 0.307 e. The second-order valence-corrected chi connectivity index (χ2v) is 6.41. The normalized spacial score (nSPS) is 15.0. The van der Waals surface area contributed by atoms with E-state index < -0.39 is 11.6 Å². The van der Waals surface area contributed by atoms with Gasteiger partial charge in [-0.2, -0.15) is 0 Å². The van der Waals surface area contributed by atoms with Gasteiger partial charge in [-0.3, -0.25) is 4.79 Å². The molecule has 7 nitrogen and oxygen atoms in total. The summed E-state index contributed by atoms with van der Waals surface area (Å²) in [5.74, 6) is 0.0765. The fraction of sp³-hybridized carbons (Fsp3) is 0.786. The number of hydrogen-bond acceptors (Lipinski definition) is 7. The van der Waals surface area contributed by atoms with Gasteiger partial charge in [0.1, 0.15) is 11.6 Å². The van der Waals surface area contributed by atoms with Crippen LogP contribution in [0.25, 0.3) is 0 Å². The fourth-order valence-corrected chi connectivity index (χ4v) is 1.80. The Labute approximate surface area is 124 Å². The van der Waals surface area contributed by atoms with Crippen molar-refractivity contribution in [2.24, 2.45) is 11.7 Å². The lowest BCUT2D eigenvalue weighted by Gasteiger charge is -2.22. The molecule has 21 heavy (non-hydrogen) atoms. The lowest BCUT2D eigenvalue weighted by Crippen LogP contribution is -2.26. The van der Waals surface area contributed by atoms with Gasteiger partial charge in [0.05, 0.1) is 18.9 Å². The number of esters is 1. The molecule has 0 saturated heterocycles. The fourth-order valence-electron chi connectivity index (χ4n) is 1.80. The van der Waals surface area contributed by atoms with Crippen LogP contribution in [-0.4, -0.2) is 33.5 Å². The molecule has 0 spiro atoms. The summed E-state index contributed by atoms with van der Waals surface area (Å²) in [5, 5.41) is 16.8. The van der Waals surface area contributed by atoms with Crippen LogP contribution in [0.1, 0.15) is 64.8 Å². The van der Waals surface area contributed by atoms with Crippen molar-refractivity contribution in [3.63, 3.8) is 0 Å². The molecule has 7 heteroatoms. The molecule has 1 heterocycles. The van der Waals surface area contributed by atoms with Crippen LogP contribution in [-0.2, 0) is 9.53 Å². The number of carbonyl (C=O) groups excluding carboxylic acids is 1. The van der Waals surface area contributed by atoms with Crippen LogP contribution >= 0.6 is 0 Å². The van der Waals surface area contributed by atoms with E-state index >= 15 is 0 Å². The van der Waals surface area contributed by atoms with E-state index in [1.54, 1.807) is 0 Å². The number of hydrogen-bond donors (Lipinski definition) is 2. The molecule has 1 aromatic rings. The van der Waals surface area contributed by atoms with Gasteiger partial charge < -0.3 is 20.0 Å². The highest BCUT2D eigenvalue weighted by Crippen LogP contribution is 2.28. The highest BCUT2D eigenvalue weighted by atomic mass is 16.6. The standard InChI is InChI=1S/C14H25N3O4/c1-8(2)9(6-11(19)21-14(3,4)5)12-16-17-13(20-12)10(15)7-18/h8-10,18H,6-7,15H2,1-5H3/t9-,10-/m0/s1. The summed E-state index contributed by atoms with van der Waals surface area (Å²) in [6, 6.07) is -0.708. The summed E-state index contributed by atoms with van der Waals surface area (Å²) < 4.78 is 10.8. The van der Waals surface area contributed by atoms with E-state index in [1.165, 1.54) is 0 Å². The predicted molar refractivity (Wildman–Crippen MR) is 76.4 cm³/mol. The second-order valence-electron chi connectivity index (χ2n) is 6.41. The number of rotatable bonds is 6. The van der Waals surface area contributed by atoms with Crippen LogP contribution in [0.4, 0.5) is 0 Å². The Morgan fingerprint density at radius 1 is 1.33 bits per heavy atom. The highest BCUT2D eigenvalue weighted by molar-refractivity contribution is 5.70. The van der Waals surface area contributed by atoms with Crippen molar-refractivity contribution in [2.45, 2.75) is 58.6 Å². The first-order valence-corrected chi connectivity index (χ1v) is 7.05. The van der Waals surface area contributed by atoms with Crippen molar-refractivity contribution in [1.82, 2.24) is 10.2 Å². The first-order valence-electron chi connectivity index (χ1n) is 7.05. The molecule has 0 aliphatic heterocycles. The molecule has 0 radical (unpaired) electrons. The van der Waals surface area contributed by atoms with Gasteiger partial charge in [0, 0.05) is 0 Å². The maximum Gasteiger partial charge on any atom is 0.307 e. The molecular formula is C14H25N3O4. The average Bonchev–Trinajstić information content (AvgIpc) is 2.81. The van der Waals surface area contributed by atoms with Gasteiger partial charge in [-0.25, -0.2) is 0 Å². The van der Waals surface area contributed by atoms with Gasteiger partial charge in [-0.1, -0.05) is 13.8 Å². The third-order valence-electron chi connectivity index (χ3n) is 2.90. The second kappa shape index (κ2) is 7.00. The Morgan fingerprint density at radius 2 is 1.90 bits per heavy atom. The number of nitrogens with zero attached hydrogens (tertiary/aromatic N) is 2. The van der Waals surface area contributed by atoms with Crippen LogP contribution in [0, 0.1) is 5.92 Å². The molecule has 0 aromatic carbocycles. The van der Waals surface area contributed by atoms with Crippen LogP contribution < -0.4 is 5.73 Å². The van der Waals surface area contributed by atoms with E-state index in [0.29, 0.717) is 5.89 Å². The lowest BCUT2D eigenvalue weighted by atomic mass is 9.92. The van der Waals surface area contributed by atoms with Gasteiger partial charge >= 0.3 is 5.97 Å². The number of ether oxygens (including phenoxy) is 1. The van der Waals surface area contributed by atoms with Crippen molar-refractivity contribution in [3.8, 4) is 0 Å². The first kappa shape index (κ1) is 17.6. The largest absolute Gasteiger partial charge is 0.460 e. The van der Waals surface area contributed by atoms with E-state index in [-0.39, 0.29) is 36.7 Å². The average molecular weight is 299 g/mol. The molecule has 120 valence electrons. The quantitative estimate of drug-likeness (QED) is 0.766. The van der Waals surface area contributed by atoms with Gasteiger partial charge in [0.15, 0.2) is 0 Å². The molecule has 0 bridgehead atoms. The van der Waals surface area contributed by atoms with Gasteiger partial charge in [0.25, 0.3) is 0 Å². The number of aromatic nitrogens is 2. The summed E-state index contributed by atoms with van der Waals surface area (Å²) in [5.41, 5.74) is 5.10. The van der Waals surface area contributed by atoms with E-state index in [2.05, 4.69) is 10.2 Å². The molecule has 0 fully saturated rings. The third-order valence-corrected chi connectivity index (χ3v) is 2.90. The Bertz CT molecular complexity index is 465. The van der Waals surface area contributed by atoms with E-state index in [9.17, 15) is 4.79 Å². The zero-order valence-electron chi connectivity index (χ0n) is 13.3. The Balaban J connectivity index is 2.83. The summed E-state index contributed by atoms with van der Waals surface area (Å²) in [7, 11) is 0. The zero-order chi connectivity index (χ0) is 16.2. The molecule has 0 aliphatic carbocycles. The minimum absolute atomic E-state index is 0.121. The molecular weight excluding hydrogens is 274 g/mol. The summed E-state index contributed by atoms with van der Waals surface area (Å²) in [4.78, 5) is 12.0. The number of aliphatic hydroxyl groups excluding tert-OH is 1. The van der Waals surface area contributed by atoms with Crippen molar-refractivity contribution < 1.29 is 19.1 Å². The van der Waals surface area contributed by atoms with E-state index in [1.807, 2.05) is 34.6 Å². The molecule has 0 amide bonds. The van der Waals surface area contributed by atoms with Crippen molar-refractivity contribution in [1.29, 1.82) is 0 Å². The number of nitrogens with two attached hydrogens (primary N) is 1. The maximum absolute atomic E-state index is 12.0. The van der Waals surface area contributed by atoms with Crippen LogP contribution in [0.5, 0.6) is 0 Å². The SMILES string of the molecule is CC(C)[C@H](CC(=O)OC(C)(C)C)c1nnc([C@@H](N)CO)o1. The molecule has 0 saturated carbocycles. The summed E-state index contributed by atoms with van der Waals surface area (Å²) in [6.07, 6.45) is 0.158. The van der Waals surface area contributed by atoms with Crippen LogP contribution in [0.15, 0.2) is 4.42 Å². The summed E-state index contributed by atoms with van der Waals surface area (Å²) in [6.45, 7) is 9.11. The molecule has 2 atom stereocenters. The van der Waals surface area contributed by atoms with Gasteiger partial charge in [-0.15, -0.1) is 10.2 Å². The van der Waals surface area contributed by atoms with E-state index in [0.717, 1.165) is 0 Å². The number of aliphatic hydroxyl groups is 1. The lowest BCUT2D eigenvalue weighted by molar-refractivity contribution is -0.155. The molecule has 0 aliphatic rings. The van der Waals surface area contributed by atoms with Crippen molar-refractivity contribution >= 4 is 5.97 Å². The molecule has 1 rings (SSSR count). The van der Waals surface area contributed by atoms with Gasteiger partial charge in [0.2, 0.25) is 11.8 Å². The minimum Gasteiger partial charge on any atom is -0.460 e. The first-order chi connectivity index (χ1) is 9.64.